The van der Waals surface area contributed by atoms with Crippen LogP contribution in [-0.2, 0) is 22.6 Å². The lowest BCUT2D eigenvalue weighted by molar-refractivity contribution is -0.138. The highest BCUT2D eigenvalue weighted by atomic mass is 16.5. The van der Waals surface area contributed by atoms with Gasteiger partial charge in [-0.1, -0.05) is 19.1 Å². The summed E-state index contributed by atoms with van der Waals surface area (Å²) in [6, 6.07) is 13.1. The number of hydrogen-bond acceptors (Lipinski definition) is 4. The minimum atomic E-state index is -0.446. The number of carbonyl (C=O) groups excluding carboxylic acids is 2. The molecule has 1 saturated carbocycles. The summed E-state index contributed by atoms with van der Waals surface area (Å²) >= 11 is 0. The molecule has 0 spiro atoms. The van der Waals surface area contributed by atoms with Gasteiger partial charge in [-0.05, 0) is 61.1 Å². The summed E-state index contributed by atoms with van der Waals surface area (Å²) in [7, 11) is 1.61. The molecule has 1 fully saturated rings. The fourth-order valence-electron chi connectivity index (χ4n) is 3.78. The largest absolute Gasteiger partial charge is 0.497 e. The molecular formula is C24H28N2O4. The summed E-state index contributed by atoms with van der Waals surface area (Å²) in [6.45, 7) is 3.27. The van der Waals surface area contributed by atoms with Gasteiger partial charge in [0.1, 0.15) is 11.5 Å². The summed E-state index contributed by atoms with van der Waals surface area (Å²) in [5.74, 6) is 2.02. The second-order valence-corrected chi connectivity index (χ2v) is 8.08. The maximum absolute atomic E-state index is 12.8. The lowest BCUT2D eigenvalue weighted by Crippen LogP contribution is -2.40. The van der Waals surface area contributed by atoms with Crippen molar-refractivity contribution in [3.63, 3.8) is 0 Å². The van der Waals surface area contributed by atoms with Crippen LogP contribution in [0.1, 0.15) is 37.3 Å². The zero-order valence-electron chi connectivity index (χ0n) is 17.5. The Morgan fingerprint density at radius 1 is 1.23 bits per heavy atom. The number of fused-ring (bicyclic) bond motifs is 1. The molecule has 2 aliphatic rings. The van der Waals surface area contributed by atoms with Gasteiger partial charge in [0.2, 0.25) is 5.91 Å². The first-order valence-corrected chi connectivity index (χ1v) is 10.6. The first-order chi connectivity index (χ1) is 14.6. The molecule has 6 heteroatoms. The van der Waals surface area contributed by atoms with Gasteiger partial charge in [0.05, 0.1) is 13.5 Å². The van der Waals surface area contributed by atoms with Gasteiger partial charge in [-0.25, -0.2) is 0 Å². The molecule has 1 heterocycles. The van der Waals surface area contributed by atoms with Gasteiger partial charge in [0, 0.05) is 24.3 Å². The normalized spacial score (nSPS) is 18.3. The maximum atomic E-state index is 12.8. The number of amides is 2. The zero-order chi connectivity index (χ0) is 21.1. The van der Waals surface area contributed by atoms with Crippen LogP contribution in [0.25, 0.3) is 0 Å². The Hall–Kier alpha value is -3.02. The van der Waals surface area contributed by atoms with E-state index in [1.807, 2.05) is 54.3 Å². The van der Waals surface area contributed by atoms with Crippen LogP contribution in [0.15, 0.2) is 42.5 Å². The van der Waals surface area contributed by atoms with Crippen LogP contribution in [0.3, 0.4) is 0 Å². The molecule has 6 nitrogen and oxygen atoms in total. The van der Waals surface area contributed by atoms with Crippen LogP contribution < -0.4 is 14.8 Å². The highest BCUT2D eigenvalue weighted by molar-refractivity contribution is 5.92. The Balaban J connectivity index is 1.48. The van der Waals surface area contributed by atoms with Crippen molar-refractivity contribution in [1.82, 2.24) is 4.90 Å². The van der Waals surface area contributed by atoms with Crippen molar-refractivity contribution in [2.45, 2.75) is 45.3 Å². The van der Waals surface area contributed by atoms with Crippen molar-refractivity contribution in [3.05, 3.63) is 53.6 Å². The van der Waals surface area contributed by atoms with Gasteiger partial charge < -0.3 is 19.7 Å². The number of carbonyl (C=O) groups is 2. The minimum absolute atomic E-state index is 0.0595. The SMILES string of the molecule is CC[C@@H]1Oc2ccc(NC(=O)Cc3cccc(OC)c3)cc2CN(CC2CC2)C1=O. The average molecular weight is 408 g/mol. The lowest BCUT2D eigenvalue weighted by Gasteiger charge is -2.23. The number of hydrogen-bond donors (Lipinski definition) is 1. The summed E-state index contributed by atoms with van der Waals surface area (Å²) in [5.41, 5.74) is 2.52. The van der Waals surface area contributed by atoms with Crippen LogP contribution >= 0.6 is 0 Å². The molecule has 2 aromatic carbocycles. The number of rotatable bonds is 7. The Kier molecular flexibility index (Phi) is 5.93. The molecular weight excluding hydrogens is 380 g/mol. The summed E-state index contributed by atoms with van der Waals surface area (Å²) in [6.07, 6.45) is 2.83. The van der Waals surface area contributed by atoms with Crippen LogP contribution in [0, 0.1) is 5.92 Å². The molecule has 30 heavy (non-hydrogen) atoms. The second-order valence-electron chi connectivity index (χ2n) is 8.08. The molecule has 1 atom stereocenters. The fraction of sp³-hybridized carbons (Fsp3) is 0.417. The van der Waals surface area contributed by atoms with E-state index in [2.05, 4.69) is 5.32 Å². The summed E-state index contributed by atoms with van der Waals surface area (Å²) in [4.78, 5) is 27.3. The predicted molar refractivity (Wildman–Crippen MR) is 115 cm³/mol. The van der Waals surface area contributed by atoms with Crippen LogP contribution in [-0.4, -0.2) is 36.5 Å². The number of anilines is 1. The fourth-order valence-corrected chi connectivity index (χ4v) is 3.78. The number of benzene rings is 2. The topological polar surface area (TPSA) is 67.9 Å². The second kappa shape index (κ2) is 8.78. The van der Waals surface area contributed by atoms with Crippen molar-refractivity contribution in [3.8, 4) is 11.5 Å². The van der Waals surface area contributed by atoms with Crippen LogP contribution in [0.5, 0.6) is 11.5 Å². The Morgan fingerprint density at radius 3 is 2.80 bits per heavy atom. The zero-order valence-corrected chi connectivity index (χ0v) is 17.5. The lowest BCUT2D eigenvalue weighted by atomic mass is 10.1. The minimum Gasteiger partial charge on any atom is -0.497 e. The maximum Gasteiger partial charge on any atom is 0.263 e. The standard InChI is InChI=1S/C24H28N2O4/c1-3-21-24(28)26(14-16-7-8-16)15-18-13-19(9-10-22(18)30-21)25-23(27)12-17-5-4-6-20(11-17)29-2/h4-6,9-11,13,16,21H,3,7-8,12,14-15H2,1-2H3,(H,25,27)/t21-/m0/s1. The van der Waals surface area contributed by atoms with Crippen molar-refractivity contribution >= 4 is 17.5 Å². The number of nitrogens with zero attached hydrogens (tertiary/aromatic N) is 1. The Labute approximate surface area is 177 Å². The quantitative estimate of drug-likeness (QED) is 0.757. The van der Waals surface area contributed by atoms with E-state index in [1.165, 1.54) is 12.8 Å². The van der Waals surface area contributed by atoms with Gasteiger partial charge >= 0.3 is 0 Å². The molecule has 4 rings (SSSR count). The molecule has 158 valence electrons. The van der Waals surface area contributed by atoms with Crippen LogP contribution in [0.2, 0.25) is 0 Å². The van der Waals surface area contributed by atoms with E-state index in [0.717, 1.165) is 29.2 Å². The molecule has 2 aromatic rings. The van der Waals surface area contributed by atoms with E-state index >= 15 is 0 Å². The van der Waals surface area contributed by atoms with E-state index in [-0.39, 0.29) is 18.2 Å². The smallest absolute Gasteiger partial charge is 0.263 e. The molecule has 2 amide bonds. The number of nitrogens with one attached hydrogen (secondary N) is 1. The van der Waals surface area contributed by atoms with Gasteiger partial charge in [0.25, 0.3) is 5.91 Å². The third-order valence-corrected chi connectivity index (χ3v) is 5.61. The van der Waals surface area contributed by atoms with Crippen molar-refractivity contribution in [2.24, 2.45) is 5.92 Å². The highest BCUT2D eigenvalue weighted by Crippen LogP contribution is 2.34. The van der Waals surface area contributed by atoms with Gasteiger partial charge in [-0.2, -0.15) is 0 Å². The molecule has 1 aliphatic carbocycles. The monoisotopic (exact) mass is 408 g/mol. The molecule has 0 bridgehead atoms. The van der Waals surface area contributed by atoms with Gasteiger partial charge in [-0.15, -0.1) is 0 Å². The van der Waals surface area contributed by atoms with Crippen molar-refractivity contribution < 1.29 is 19.1 Å². The van der Waals surface area contributed by atoms with Crippen molar-refractivity contribution in [2.75, 3.05) is 19.0 Å². The third kappa shape index (κ3) is 4.75. The number of ether oxygens (including phenoxy) is 2. The van der Waals surface area contributed by atoms with Crippen molar-refractivity contribution in [1.29, 1.82) is 0 Å². The van der Waals surface area contributed by atoms with Gasteiger partial charge in [0.15, 0.2) is 6.10 Å². The first kappa shape index (κ1) is 20.3. The van der Waals surface area contributed by atoms with E-state index < -0.39 is 6.10 Å². The van der Waals surface area contributed by atoms with E-state index in [9.17, 15) is 9.59 Å². The third-order valence-electron chi connectivity index (χ3n) is 5.61. The summed E-state index contributed by atoms with van der Waals surface area (Å²) in [5, 5.41) is 2.96. The van der Waals surface area contributed by atoms with Crippen LogP contribution in [0.4, 0.5) is 5.69 Å². The molecule has 0 aromatic heterocycles. The summed E-state index contributed by atoms with van der Waals surface area (Å²) < 4.78 is 11.2. The van der Waals surface area contributed by atoms with E-state index in [4.69, 9.17) is 9.47 Å². The Morgan fingerprint density at radius 2 is 2.07 bits per heavy atom. The first-order valence-electron chi connectivity index (χ1n) is 10.6. The molecule has 1 aliphatic heterocycles. The van der Waals surface area contributed by atoms with E-state index in [0.29, 0.717) is 24.6 Å². The molecule has 0 saturated heterocycles. The molecule has 0 radical (unpaired) electrons. The Bertz CT molecular complexity index is 939. The van der Waals surface area contributed by atoms with Gasteiger partial charge in [-0.3, -0.25) is 9.59 Å². The average Bonchev–Trinajstić information content (AvgIpc) is 3.57. The van der Waals surface area contributed by atoms with E-state index in [1.54, 1.807) is 7.11 Å². The predicted octanol–water partition coefficient (Wildman–Crippen LogP) is 3.79. The molecule has 0 unspecified atom stereocenters. The highest BCUT2D eigenvalue weighted by Gasteiger charge is 2.33. The number of methoxy groups -OCH3 is 1. The molecule has 1 N–H and O–H groups in total.